The number of nitrogens with two attached hydrogens (primary N) is 1. The van der Waals surface area contributed by atoms with Gasteiger partial charge in [0.05, 0.1) is 11.6 Å². The van der Waals surface area contributed by atoms with E-state index in [1.165, 1.54) is 7.05 Å². The van der Waals surface area contributed by atoms with Crippen molar-refractivity contribution in [3.05, 3.63) is 70.0 Å². The molecule has 0 aromatic heterocycles. The molecule has 0 saturated carbocycles. The summed E-state index contributed by atoms with van der Waals surface area (Å²) in [4.78, 5) is 0. The number of aryl methyl sites for hydroxylation is 1. The normalized spacial score (nSPS) is 11.7. The predicted octanol–water partition coefficient (Wildman–Crippen LogP) is 5.62. The van der Waals surface area contributed by atoms with Crippen LogP contribution >= 0.6 is 0 Å². The van der Waals surface area contributed by atoms with E-state index in [0.29, 0.717) is 17.4 Å². The van der Waals surface area contributed by atoms with Crippen LogP contribution in [-0.4, -0.2) is 7.05 Å². The number of halogens is 4. The lowest BCUT2D eigenvalue weighted by atomic mass is 10.0. The van der Waals surface area contributed by atoms with Crippen LogP contribution < -0.4 is 10.5 Å². The molecular formula is C21H22F4N2O. The van der Waals surface area contributed by atoms with Gasteiger partial charge in [-0.25, -0.2) is 4.39 Å². The third-order valence-corrected chi connectivity index (χ3v) is 3.90. The standard InChI is InChI=1S/C20H17F4NO.CH5N/c1-12-4-16(14(3)13(2)10-25)8-19(5-12)26-11-15-6-17(20(22,23)24)9-18(21)7-15;1-2/h4-9H,11H2,1-3H3;2H2,1H3/b14-13-;. The number of nitrogens with zero attached hydrogens (tertiary/aromatic N) is 1. The highest BCUT2D eigenvalue weighted by Crippen LogP contribution is 2.31. The fraction of sp³-hybridized carbons (Fsp3) is 0.286. The Bertz CT molecular complexity index is 896. The molecule has 3 nitrogen and oxygen atoms in total. The van der Waals surface area contributed by atoms with Crippen molar-refractivity contribution in [2.24, 2.45) is 5.73 Å². The molecule has 0 aliphatic carbocycles. The van der Waals surface area contributed by atoms with Gasteiger partial charge in [-0.15, -0.1) is 0 Å². The maximum Gasteiger partial charge on any atom is 0.416 e. The Morgan fingerprint density at radius 3 is 2.29 bits per heavy atom. The first kappa shape index (κ1) is 23.2. The van der Waals surface area contributed by atoms with E-state index in [1.807, 2.05) is 13.0 Å². The van der Waals surface area contributed by atoms with Gasteiger partial charge in [0.25, 0.3) is 0 Å². The molecule has 0 aliphatic rings. The molecule has 2 rings (SSSR count). The maximum atomic E-state index is 13.5. The van der Waals surface area contributed by atoms with E-state index in [9.17, 15) is 17.6 Å². The summed E-state index contributed by atoms with van der Waals surface area (Å²) in [5, 5.41) is 9.01. The zero-order valence-corrected chi connectivity index (χ0v) is 16.1. The van der Waals surface area contributed by atoms with Gasteiger partial charge in [-0.05, 0) is 80.4 Å². The molecule has 28 heavy (non-hydrogen) atoms. The summed E-state index contributed by atoms with van der Waals surface area (Å²) in [6, 6.07) is 9.71. The molecule has 2 aromatic carbocycles. The first-order valence-electron chi connectivity index (χ1n) is 8.37. The van der Waals surface area contributed by atoms with E-state index in [4.69, 9.17) is 10.00 Å². The molecule has 0 heterocycles. The first-order valence-corrected chi connectivity index (χ1v) is 8.37. The highest BCUT2D eigenvalue weighted by Gasteiger charge is 2.31. The van der Waals surface area contributed by atoms with Crippen LogP contribution in [0.5, 0.6) is 5.75 Å². The van der Waals surface area contributed by atoms with Gasteiger partial charge in [0.1, 0.15) is 18.2 Å². The molecule has 0 unspecified atom stereocenters. The number of nitriles is 1. The van der Waals surface area contributed by atoms with Crippen LogP contribution in [-0.2, 0) is 12.8 Å². The van der Waals surface area contributed by atoms with Crippen molar-refractivity contribution in [3.8, 4) is 11.8 Å². The van der Waals surface area contributed by atoms with Crippen LogP contribution in [0.15, 0.2) is 42.0 Å². The third kappa shape index (κ3) is 6.39. The molecule has 150 valence electrons. The summed E-state index contributed by atoms with van der Waals surface area (Å²) in [7, 11) is 1.50. The Labute approximate surface area is 162 Å². The highest BCUT2D eigenvalue weighted by molar-refractivity contribution is 5.70. The van der Waals surface area contributed by atoms with E-state index in [0.717, 1.165) is 28.8 Å². The van der Waals surface area contributed by atoms with Crippen LogP contribution in [0.2, 0.25) is 0 Å². The van der Waals surface area contributed by atoms with Crippen LogP contribution in [0.25, 0.3) is 5.57 Å². The summed E-state index contributed by atoms with van der Waals surface area (Å²) >= 11 is 0. The number of hydrogen-bond acceptors (Lipinski definition) is 3. The third-order valence-electron chi connectivity index (χ3n) is 3.90. The van der Waals surface area contributed by atoms with Gasteiger partial charge in [-0.2, -0.15) is 18.4 Å². The Morgan fingerprint density at radius 1 is 1.07 bits per heavy atom. The number of hydrogen-bond donors (Lipinski definition) is 1. The lowest BCUT2D eigenvalue weighted by Gasteiger charge is -2.12. The topological polar surface area (TPSA) is 59.0 Å². The van der Waals surface area contributed by atoms with Crippen molar-refractivity contribution in [3.63, 3.8) is 0 Å². The summed E-state index contributed by atoms with van der Waals surface area (Å²) in [6.07, 6.45) is -4.62. The molecule has 0 amide bonds. The maximum absolute atomic E-state index is 13.5. The molecule has 0 saturated heterocycles. The minimum Gasteiger partial charge on any atom is -0.489 e. The highest BCUT2D eigenvalue weighted by atomic mass is 19.4. The Hall–Kier alpha value is -2.85. The molecule has 2 N–H and O–H groups in total. The quantitative estimate of drug-likeness (QED) is 0.541. The second-order valence-corrected chi connectivity index (χ2v) is 6.03. The van der Waals surface area contributed by atoms with Crippen molar-refractivity contribution in [1.29, 1.82) is 5.26 Å². The summed E-state index contributed by atoms with van der Waals surface area (Å²) in [5.41, 5.74) is 6.53. The first-order chi connectivity index (χ1) is 13.1. The van der Waals surface area contributed by atoms with Crippen LogP contribution in [0, 0.1) is 24.1 Å². The van der Waals surface area contributed by atoms with E-state index in [1.54, 1.807) is 26.0 Å². The zero-order valence-electron chi connectivity index (χ0n) is 16.1. The second-order valence-electron chi connectivity index (χ2n) is 6.03. The minimum absolute atomic E-state index is 0.0841. The Balaban J connectivity index is 0.00000190. The van der Waals surface area contributed by atoms with Gasteiger partial charge in [0.2, 0.25) is 0 Å². The van der Waals surface area contributed by atoms with E-state index < -0.39 is 17.6 Å². The van der Waals surface area contributed by atoms with Gasteiger partial charge in [0.15, 0.2) is 0 Å². The van der Waals surface area contributed by atoms with Crippen molar-refractivity contribution >= 4 is 5.57 Å². The van der Waals surface area contributed by atoms with Gasteiger partial charge in [-0.3, -0.25) is 0 Å². The summed E-state index contributed by atoms with van der Waals surface area (Å²) in [5.74, 6) is -0.533. The van der Waals surface area contributed by atoms with Gasteiger partial charge in [0, 0.05) is 5.57 Å². The number of ether oxygens (including phenoxy) is 1. The molecule has 2 aromatic rings. The SMILES string of the molecule is C/C(C#N)=C(\C)c1cc(C)cc(OCc2cc(F)cc(C(F)(F)F)c2)c1.CN. The fourth-order valence-electron chi connectivity index (χ4n) is 2.41. The predicted molar refractivity (Wildman–Crippen MR) is 101 cm³/mol. The number of allylic oxidation sites excluding steroid dienone is 2. The second kappa shape index (κ2) is 9.90. The monoisotopic (exact) mass is 394 g/mol. The number of benzene rings is 2. The van der Waals surface area contributed by atoms with Gasteiger partial charge in [-0.1, -0.05) is 6.07 Å². The molecule has 0 aliphatic heterocycles. The molecule has 7 heteroatoms. The summed E-state index contributed by atoms with van der Waals surface area (Å²) in [6.45, 7) is 5.14. The Morgan fingerprint density at radius 2 is 1.71 bits per heavy atom. The van der Waals surface area contributed by atoms with E-state index in [2.05, 4.69) is 11.8 Å². The van der Waals surface area contributed by atoms with Crippen molar-refractivity contribution in [2.75, 3.05) is 7.05 Å². The van der Waals surface area contributed by atoms with Crippen LogP contribution in [0.4, 0.5) is 17.6 Å². The largest absolute Gasteiger partial charge is 0.489 e. The van der Waals surface area contributed by atoms with Gasteiger partial charge >= 0.3 is 6.18 Å². The van der Waals surface area contributed by atoms with E-state index >= 15 is 0 Å². The average molecular weight is 394 g/mol. The zero-order chi connectivity index (χ0) is 21.5. The van der Waals surface area contributed by atoms with Crippen molar-refractivity contribution in [2.45, 2.75) is 33.6 Å². The molecule has 0 atom stereocenters. The molecular weight excluding hydrogens is 372 g/mol. The summed E-state index contributed by atoms with van der Waals surface area (Å²) < 4.78 is 57.3. The number of rotatable bonds is 4. The molecule has 0 fully saturated rings. The molecule has 0 spiro atoms. The van der Waals surface area contributed by atoms with Crippen LogP contribution in [0.1, 0.15) is 36.1 Å². The van der Waals surface area contributed by atoms with E-state index in [-0.39, 0.29) is 12.2 Å². The Kier molecular flexibility index (Phi) is 8.20. The molecule has 0 bridgehead atoms. The number of alkyl halides is 3. The minimum atomic E-state index is -4.62. The smallest absolute Gasteiger partial charge is 0.416 e. The van der Waals surface area contributed by atoms with Crippen LogP contribution in [0.3, 0.4) is 0 Å². The lowest BCUT2D eigenvalue weighted by Crippen LogP contribution is -2.07. The lowest BCUT2D eigenvalue weighted by molar-refractivity contribution is -0.137. The van der Waals surface area contributed by atoms with Crippen molar-refractivity contribution in [1.82, 2.24) is 0 Å². The molecule has 0 radical (unpaired) electrons. The van der Waals surface area contributed by atoms with Gasteiger partial charge < -0.3 is 10.5 Å². The average Bonchev–Trinajstić information content (AvgIpc) is 2.65. The van der Waals surface area contributed by atoms with Crippen molar-refractivity contribution < 1.29 is 22.3 Å². The fourth-order valence-corrected chi connectivity index (χ4v) is 2.41.